The average molecular weight is 477 g/mol. The maximum atomic E-state index is 13.7. The Bertz CT molecular complexity index is 897. The van der Waals surface area contributed by atoms with E-state index in [9.17, 15) is 18.7 Å². The molecule has 0 unspecified atom stereocenters. The van der Waals surface area contributed by atoms with Gasteiger partial charge in [-0.2, -0.15) is 0 Å². The van der Waals surface area contributed by atoms with Crippen molar-refractivity contribution in [2.45, 2.75) is 57.5 Å². The number of halogens is 2. The number of carbonyl (C=O) groups excluding carboxylic acids is 1. The minimum absolute atomic E-state index is 0.0877. The van der Waals surface area contributed by atoms with Crippen LogP contribution >= 0.6 is 0 Å². The first-order valence-corrected chi connectivity index (χ1v) is 11.8. The predicted molar refractivity (Wildman–Crippen MR) is 125 cm³/mol. The monoisotopic (exact) mass is 476 g/mol. The Labute approximate surface area is 199 Å². The molecule has 1 aliphatic rings. The summed E-state index contributed by atoms with van der Waals surface area (Å²) in [6, 6.07) is 10.3. The molecule has 2 atom stereocenters. The Kier molecular flexibility index (Phi) is 9.95. The van der Waals surface area contributed by atoms with Crippen LogP contribution < -0.4 is 10.6 Å². The highest BCUT2D eigenvalue weighted by atomic mass is 19.1. The van der Waals surface area contributed by atoms with Crippen LogP contribution in [-0.4, -0.2) is 55.8 Å². The van der Waals surface area contributed by atoms with Crippen molar-refractivity contribution < 1.29 is 28.2 Å². The molecule has 0 aromatic heterocycles. The summed E-state index contributed by atoms with van der Waals surface area (Å²) in [5.41, 5.74) is 2.39. The Morgan fingerprint density at radius 2 is 1.71 bits per heavy atom. The first-order chi connectivity index (χ1) is 16.3. The van der Waals surface area contributed by atoms with E-state index < -0.39 is 23.8 Å². The molecule has 1 saturated heterocycles. The summed E-state index contributed by atoms with van der Waals surface area (Å²) in [5.74, 6) is -1.27. The predicted octanol–water partition coefficient (Wildman–Crippen LogP) is 3.07. The number of benzene rings is 2. The van der Waals surface area contributed by atoms with Gasteiger partial charge < -0.3 is 25.2 Å². The third-order valence-electron chi connectivity index (χ3n) is 5.80. The minimum atomic E-state index is -0.969. The van der Waals surface area contributed by atoms with Crippen LogP contribution in [0, 0.1) is 11.6 Å². The Balaban J connectivity index is 1.60. The minimum Gasteiger partial charge on any atom is -0.390 e. The van der Waals surface area contributed by atoms with Gasteiger partial charge in [-0.1, -0.05) is 38.1 Å². The number of nitrogens with one attached hydrogen (secondary N) is 2. The summed E-state index contributed by atoms with van der Waals surface area (Å²) in [5, 5.41) is 16.8. The van der Waals surface area contributed by atoms with Crippen molar-refractivity contribution in [3.8, 4) is 0 Å². The van der Waals surface area contributed by atoms with Crippen LogP contribution in [0.2, 0.25) is 0 Å². The van der Waals surface area contributed by atoms with Crippen LogP contribution in [0.4, 0.5) is 8.78 Å². The van der Waals surface area contributed by atoms with Crippen LogP contribution in [0.5, 0.6) is 0 Å². The molecule has 1 aliphatic heterocycles. The summed E-state index contributed by atoms with van der Waals surface area (Å²) in [4.78, 5) is 12.8. The molecule has 34 heavy (non-hydrogen) atoms. The molecule has 3 rings (SSSR count). The first-order valence-electron chi connectivity index (χ1n) is 11.8. The normalized spacial score (nSPS) is 16.1. The van der Waals surface area contributed by atoms with Gasteiger partial charge in [0.1, 0.15) is 11.6 Å². The highest BCUT2D eigenvalue weighted by Gasteiger charge is 2.23. The number of carbonyl (C=O) groups is 1. The molecule has 3 N–H and O–H groups in total. The van der Waals surface area contributed by atoms with E-state index in [0.29, 0.717) is 37.7 Å². The molecule has 2 aromatic carbocycles. The van der Waals surface area contributed by atoms with Crippen molar-refractivity contribution in [1.82, 2.24) is 10.6 Å². The number of aliphatic hydroxyl groups excluding tert-OH is 1. The summed E-state index contributed by atoms with van der Waals surface area (Å²) in [6.07, 6.45) is -0.361. The van der Waals surface area contributed by atoms with Crippen LogP contribution in [0.15, 0.2) is 42.5 Å². The summed E-state index contributed by atoms with van der Waals surface area (Å²) >= 11 is 0. The topological polar surface area (TPSA) is 79.8 Å². The molecule has 6 nitrogen and oxygen atoms in total. The summed E-state index contributed by atoms with van der Waals surface area (Å²) < 4.78 is 38.1. The lowest BCUT2D eigenvalue weighted by atomic mass is 9.99. The number of rotatable bonds is 12. The molecule has 0 saturated carbocycles. The summed E-state index contributed by atoms with van der Waals surface area (Å²) in [6.45, 7) is 6.10. The van der Waals surface area contributed by atoms with Gasteiger partial charge in [0, 0.05) is 25.6 Å². The van der Waals surface area contributed by atoms with E-state index in [1.165, 1.54) is 17.7 Å². The van der Waals surface area contributed by atoms with Gasteiger partial charge in [-0.25, -0.2) is 8.78 Å². The maximum absolute atomic E-state index is 13.7. The second-order valence-electron chi connectivity index (χ2n) is 8.96. The van der Waals surface area contributed by atoms with Gasteiger partial charge in [-0.3, -0.25) is 4.79 Å². The van der Waals surface area contributed by atoms with Crippen molar-refractivity contribution in [3.05, 3.63) is 70.8 Å². The van der Waals surface area contributed by atoms with Crippen LogP contribution in [-0.2, 0) is 27.1 Å². The van der Waals surface area contributed by atoms with E-state index in [2.05, 4.69) is 24.5 Å². The van der Waals surface area contributed by atoms with E-state index in [4.69, 9.17) is 9.47 Å². The Morgan fingerprint density at radius 1 is 1.06 bits per heavy atom. The fourth-order valence-electron chi connectivity index (χ4n) is 3.92. The van der Waals surface area contributed by atoms with Gasteiger partial charge in [0.05, 0.1) is 31.8 Å². The number of hydrogen-bond donors (Lipinski definition) is 3. The second-order valence-corrected chi connectivity index (χ2v) is 8.96. The third kappa shape index (κ3) is 8.43. The van der Waals surface area contributed by atoms with Gasteiger partial charge in [-0.05, 0) is 41.2 Å². The first kappa shape index (κ1) is 26.2. The lowest BCUT2D eigenvalue weighted by molar-refractivity contribution is -0.122. The lowest BCUT2D eigenvalue weighted by Gasteiger charge is -2.25. The van der Waals surface area contributed by atoms with Gasteiger partial charge in [0.25, 0.3) is 0 Å². The van der Waals surface area contributed by atoms with Gasteiger partial charge in [0.15, 0.2) is 6.29 Å². The van der Waals surface area contributed by atoms with Crippen molar-refractivity contribution in [2.24, 2.45) is 0 Å². The molecule has 8 heteroatoms. The SMILES string of the molecule is CC(C)c1ccc(CC(=O)N[C@H](Cc2cc(F)cc(F)c2)[C@H](O)CNCCC2OCCO2)cc1. The van der Waals surface area contributed by atoms with Gasteiger partial charge in [0.2, 0.25) is 5.91 Å². The number of ether oxygens (including phenoxy) is 2. The molecular weight excluding hydrogens is 442 g/mol. The standard InChI is InChI=1S/C26H34F2N2O4/c1-17(2)20-5-3-18(4-6-20)14-25(32)30-23(13-19-11-21(27)15-22(28)12-19)24(31)16-29-8-7-26-33-9-10-34-26/h3-6,11-12,15,17,23-24,26,29,31H,7-10,13-14,16H2,1-2H3,(H,30,32)/t23-,24-/m1/s1. The molecule has 1 heterocycles. The molecule has 1 amide bonds. The van der Waals surface area contributed by atoms with Crippen molar-refractivity contribution in [3.63, 3.8) is 0 Å². The molecule has 0 radical (unpaired) electrons. The molecule has 186 valence electrons. The number of amides is 1. The van der Waals surface area contributed by atoms with E-state index in [-0.39, 0.29) is 31.6 Å². The van der Waals surface area contributed by atoms with E-state index in [0.717, 1.165) is 11.6 Å². The smallest absolute Gasteiger partial charge is 0.224 e. The van der Waals surface area contributed by atoms with Crippen LogP contribution in [0.25, 0.3) is 0 Å². The average Bonchev–Trinajstić information content (AvgIpc) is 3.29. The fraction of sp³-hybridized carbons (Fsp3) is 0.500. The number of hydrogen-bond acceptors (Lipinski definition) is 5. The molecule has 1 fully saturated rings. The van der Waals surface area contributed by atoms with Crippen LogP contribution in [0.1, 0.15) is 42.9 Å². The lowest BCUT2D eigenvalue weighted by Crippen LogP contribution is -2.49. The van der Waals surface area contributed by atoms with Gasteiger partial charge >= 0.3 is 0 Å². The van der Waals surface area contributed by atoms with E-state index in [1.807, 2.05) is 24.3 Å². The second kappa shape index (κ2) is 12.9. The highest BCUT2D eigenvalue weighted by molar-refractivity contribution is 5.79. The van der Waals surface area contributed by atoms with Crippen molar-refractivity contribution in [1.29, 1.82) is 0 Å². The zero-order chi connectivity index (χ0) is 24.5. The molecule has 0 spiro atoms. The number of aliphatic hydroxyl groups is 1. The molecule has 0 aliphatic carbocycles. The quantitative estimate of drug-likeness (QED) is 0.411. The zero-order valence-corrected chi connectivity index (χ0v) is 19.7. The Morgan fingerprint density at radius 3 is 2.32 bits per heavy atom. The van der Waals surface area contributed by atoms with E-state index >= 15 is 0 Å². The molecule has 2 aromatic rings. The Hall–Kier alpha value is -2.39. The highest BCUT2D eigenvalue weighted by Crippen LogP contribution is 2.16. The third-order valence-corrected chi connectivity index (χ3v) is 5.80. The molecule has 0 bridgehead atoms. The zero-order valence-electron chi connectivity index (χ0n) is 19.7. The molecular formula is C26H34F2N2O4. The maximum Gasteiger partial charge on any atom is 0.224 e. The largest absolute Gasteiger partial charge is 0.390 e. The van der Waals surface area contributed by atoms with Crippen LogP contribution in [0.3, 0.4) is 0 Å². The van der Waals surface area contributed by atoms with Crippen molar-refractivity contribution in [2.75, 3.05) is 26.3 Å². The fourth-order valence-corrected chi connectivity index (χ4v) is 3.92. The summed E-state index contributed by atoms with van der Waals surface area (Å²) in [7, 11) is 0. The van der Waals surface area contributed by atoms with E-state index in [1.54, 1.807) is 0 Å². The van der Waals surface area contributed by atoms with Crippen molar-refractivity contribution >= 4 is 5.91 Å². The van der Waals surface area contributed by atoms with Gasteiger partial charge in [-0.15, -0.1) is 0 Å².